The summed E-state index contributed by atoms with van der Waals surface area (Å²) in [5.74, 6) is -3.61. The Hall–Kier alpha value is -3.88. The van der Waals surface area contributed by atoms with Gasteiger partial charge in [0.05, 0.1) is 6.54 Å². The van der Waals surface area contributed by atoms with E-state index in [-0.39, 0.29) is 17.8 Å². The van der Waals surface area contributed by atoms with Gasteiger partial charge in [-0.05, 0) is 29.3 Å². The average Bonchev–Trinajstić information content (AvgIpc) is 2.75. The molecule has 1 aromatic heterocycles. The van der Waals surface area contributed by atoms with E-state index in [2.05, 4.69) is 15.7 Å². The number of hydrogen-bond acceptors (Lipinski definition) is 4. The van der Waals surface area contributed by atoms with Crippen molar-refractivity contribution in [2.45, 2.75) is 12.6 Å². The highest BCUT2D eigenvalue weighted by molar-refractivity contribution is 5.96. The van der Waals surface area contributed by atoms with E-state index >= 15 is 0 Å². The highest BCUT2D eigenvalue weighted by atomic mass is 19.2. The Kier molecular flexibility index (Phi) is 6.31. The molecule has 3 aromatic rings. The lowest BCUT2D eigenvalue weighted by Gasteiger charge is -2.18. The molecule has 0 aliphatic carbocycles. The van der Waals surface area contributed by atoms with E-state index in [4.69, 9.17) is 0 Å². The Morgan fingerprint density at radius 1 is 1.03 bits per heavy atom. The van der Waals surface area contributed by atoms with Gasteiger partial charge in [-0.3, -0.25) is 14.4 Å². The molecule has 9 heteroatoms. The van der Waals surface area contributed by atoms with Crippen molar-refractivity contribution < 1.29 is 18.4 Å². The normalized spacial score (nSPS) is 11.6. The van der Waals surface area contributed by atoms with Crippen LogP contribution in [0.1, 0.15) is 27.7 Å². The van der Waals surface area contributed by atoms with Gasteiger partial charge in [0.15, 0.2) is 11.6 Å². The predicted octanol–water partition coefficient (Wildman–Crippen LogP) is 1.79. The Morgan fingerprint density at radius 2 is 1.77 bits per heavy atom. The molecule has 0 saturated heterocycles. The quantitative estimate of drug-likeness (QED) is 0.646. The maximum absolute atomic E-state index is 13.6. The molecule has 1 unspecified atom stereocenters. The number of nitrogens with zero attached hydrogens (tertiary/aromatic N) is 2. The molecule has 154 valence electrons. The van der Waals surface area contributed by atoms with Crippen LogP contribution in [0, 0.1) is 11.6 Å². The molecular formula is C21H18F2N4O3. The number of halogens is 2. The van der Waals surface area contributed by atoms with Crippen molar-refractivity contribution in [3.05, 3.63) is 99.5 Å². The van der Waals surface area contributed by atoms with Gasteiger partial charge < -0.3 is 10.6 Å². The summed E-state index contributed by atoms with van der Waals surface area (Å²) in [4.78, 5) is 37.0. The first-order chi connectivity index (χ1) is 14.4. The van der Waals surface area contributed by atoms with Crippen LogP contribution in [0.5, 0.6) is 0 Å². The van der Waals surface area contributed by atoms with Gasteiger partial charge in [0, 0.05) is 13.1 Å². The van der Waals surface area contributed by atoms with Crippen LogP contribution in [0.2, 0.25) is 0 Å². The maximum atomic E-state index is 13.6. The van der Waals surface area contributed by atoms with Gasteiger partial charge in [-0.25, -0.2) is 13.5 Å². The first kappa shape index (κ1) is 20.8. The average molecular weight is 412 g/mol. The van der Waals surface area contributed by atoms with Crippen LogP contribution < -0.4 is 16.2 Å². The SMILES string of the molecule is CNC(=O)C(NC(=O)c1ccc(=O)n(Cc2ccccc2)n1)c1ccc(F)c(F)c1. The second-order valence-electron chi connectivity index (χ2n) is 6.39. The standard InChI is InChI=1S/C21H18F2N4O3/c1-24-21(30)19(14-7-8-15(22)16(23)11-14)25-20(29)17-9-10-18(28)27(26-17)12-13-5-3-2-4-6-13/h2-11,19H,12H2,1H3,(H,24,30)(H,25,29). The summed E-state index contributed by atoms with van der Waals surface area (Å²) in [6, 6.07) is 13.1. The Morgan fingerprint density at radius 3 is 2.43 bits per heavy atom. The molecule has 0 aliphatic heterocycles. The number of nitrogens with one attached hydrogen (secondary N) is 2. The lowest BCUT2D eigenvalue weighted by molar-refractivity contribution is -0.122. The minimum atomic E-state index is -1.28. The molecule has 30 heavy (non-hydrogen) atoms. The fourth-order valence-electron chi connectivity index (χ4n) is 2.78. The lowest BCUT2D eigenvalue weighted by atomic mass is 10.1. The number of likely N-dealkylation sites (N-methyl/N-ethyl adjacent to an activating group) is 1. The highest BCUT2D eigenvalue weighted by Gasteiger charge is 2.24. The van der Waals surface area contributed by atoms with E-state index in [1.54, 1.807) is 0 Å². The molecule has 2 amide bonds. The molecular weight excluding hydrogens is 394 g/mol. The number of aromatic nitrogens is 2. The van der Waals surface area contributed by atoms with E-state index in [1.807, 2.05) is 30.3 Å². The van der Waals surface area contributed by atoms with Gasteiger partial charge in [-0.1, -0.05) is 36.4 Å². The molecule has 0 saturated carbocycles. The zero-order chi connectivity index (χ0) is 21.7. The predicted molar refractivity (Wildman–Crippen MR) is 105 cm³/mol. The largest absolute Gasteiger partial charge is 0.357 e. The van der Waals surface area contributed by atoms with Crippen LogP contribution in [-0.4, -0.2) is 28.6 Å². The molecule has 2 N–H and O–H groups in total. The molecule has 0 fully saturated rings. The number of benzene rings is 2. The third-order valence-electron chi connectivity index (χ3n) is 4.34. The zero-order valence-electron chi connectivity index (χ0n) is 15.9. The fraction of sp³-hybridized carbons (Fsp3) is 0.143. The molecule has 1 atom stereocenters. The zero-order valence-corrected chi connectivity index (χ0v) is 15.9. The van der Waals surface area contributed by atoms with Gasteiger partial charge in [0.1, 0.15) is 11.7 Å². The van der Waals surface area contributed by atoms with Crippen LogP contribution in [0.25, 0.3) is 0 Å². The third kappa shape index (κ3) is 4.75. The molecule has 0 aliphatic rings. The topological polar surface area (TPSA) is 93.1 Å². The molecule has 2 aromatic carbocycles. The van der Waals surface area contributed by atoms with Crippen molar-refractivity contribution in [1.29, 1.82) is 0 Å². The van der Waals surface area contributed by atoms with Crippen LogP contribution in [0.15, 0.2) is 65.5 Å². The summed E-state index contributed by atoms with van der Waals surface area (Å²) in [5, 5.41) is 8.86. The summed E-state index contributed by atoms with van der Waals surface area (Å²) in [6.07, 6.45) is 0. The smallest absolute Gasteiger partial charge is 0.272 e. The van der Waals surface area contributed by atoms with Crippen molar-refractivity contribution >= 4 is 11.8 Å². The Labute approximate surface area is 170 Å². The minimum absolute atomic E-state index is 0.0548. The van der Waals surface area contributed by atoms with E-state index in [0.29, 0.717) is 0 Å². The molecule has 0 radical (unpaired) electrons. The van der Waals surface area contributed by atoms with Crippen molar-refractivity contribution in [3.8, 4) is 0 Å². The van der Waals surface area contributed by atoms with E-state index < -0.39 is 35.0 Å². The molecule has 1 heterocycles. The van der Waals surface area contributed by atoms with Gasteiger partial charge in [-0.15, -0.1) is 0 Å². The van der Waals surface area contributed by atoms with Gasteiger partial charge in [-0.2, -0.15) is 5.10 Å². The second kappa shape index (κ2) is 9.08. The molecule has 3 rings (SSSR count). The van der Waals surface area contributed by atoms with E-state index in [0.717, 1.165) is 22.4 Å². The Balaban J connectivity index is 1.87. The summed E-state index contributed by atoms with van der Waals surface area (Å²) >= 11 is 0. The van der Waals surface area contributed by atoms with Gasteiger partial charge >= 0.3 is 0 Å². The second-order valence-corrected chi connectivity index (χ2v) is 6.39. The monoisotopic (exact) mass is 412 g/mol. The van der Waals surface area contributed by atoms with Gasteiger partial charge in [0.2, 0.25) is 5.91 Å². The number of carbonyl (C=O) groups excluding carboxylic acids is 2. The summed E-state index contributed by atoms with van der Waals surface area (Å²) in [6.45, 7) is 0.156. The van der Waals surface area contributed by atoms with Gasteiger partial charge in [0.25, 0.3) is 11.5 Å². The third-order valence-corrected chi connectivity index (χ3v) is 4.34. The number of carbonyl (C=O) groups is 2. The van der Waals surface area contributed by atoms with Crippen LogP contribution in [0.4, 0.5) is 8.78 Å². The summed E-state index contributed by atoms with van der Waals surface area (Å²) in [7, 11) is 1.35. The number of hydrogen-bond donors (Lipinski definition) is 2. The van der Waals surface area contributed by atoms with Crippen LogP contribution in [-0.2, 0) is 11.3 Å². The van der Waals surface area contributed by atoms with E-state index in [9.17, 15) is 23.2 Å². The summed E-state index contributed by atoms with van der Waals surface area (Å²) in [5.41, 5.74) is 0.356. The fourth-order valence-corrected chi connectivity index (χ4v) is 2.78. The molecule has 7 nitrogen and oxygen atoms in total. The summed E-state index contributed by atoms with van der Waals surface area (Å²) < 4.78 is 28.0. The van der Waals surface area contributed by atoms with Crippen LogP contribution in [0.3, 0.4) is 0 Å². The van der Waals surface area contributed by atoms with Crippen molar-refractivity contribution in [3.63, 3.8) is 0 Å². The number of amides is 2. The van der Waals surface area contributed by atoms with Crippen molar-refractivity contribution in [1.82, 2.24) is 20.4 Å². The number of rotatable bonds is 6. The first-order valence-corrected chi connectivity index (χ1v) is 8.98. The Bertz CT molecular complexity index is 1130. The van der Waals surface area contributed by atoms with E-state index in [1.165, 1.54) is 25.2 Å². The molecule has 0 spiro atoms. The minimum Gasteiger partial charge on any atom is -0.357 e. The van der Waals surface area contributed by atoms with Crippen LogP contribution >= 0.6 is 0 Å². The highest BCUT2D eigenvalue weighted by Crippen LogP contribution is 2.17. The van der Waals surface area contributed by atoms with Crippen molar-refractivity contribution in [2.75, 3.05) is 7.05 Å². The lowest BCUT2D eigenvalue weighted by Crippen LogP contribution is -2.40. The maximum Gasteiger partial charge on any atom is 0.272 e. The molecule has 0 bridgehead atoms. The first-order valence-electron chi connectivity index (χ1n) is 8.98. The van der Waals surface area contributed by atoms with Crippen molar-refractivity contribution in [2.24, 2.45) is 0 Å².